The fraction of sp³-hybridized carbons (Fsp3) is 0.945. The molecule has 2 amide bonds. The van der Waals surface area contributed by atoms with E-state index < -0.39 is 0 Å². The first-order valence-electron chi connectivity index (χ1n) is 36.7. The number of esters is 2. The third-order valence-electron chi connectivity index (χ3n) is 17.6. The molecule has 82 heavy (non-hydrogen) atoms. The third-order valence-corrected chi connectivity index (χ3v) is 17.6. The summed E-state index contributed by atoms with van der Waals surface area (Å²) in [6.07, 6.45) is 59.4. The molecule has 0 N–H and O–H groups in total. The molecule has 0 fully saturated rings. The van der Waals surface area contributed by atoms with Crippen molar-refractivity contribution >= 4 is 23.8 Å². The van der Waals surface area contributed by atoms with Crippen LogP contribution in [0.4, 0.5) is 0 Å². The molecule has 0 aliphatic rings. The highest BCUT2D eigenvalue weighted by Gasteiger charge is 2.18. The van der Waals surface area contributed by atoms with Crippen molar-refractivity contribution in [2.45, 2.75) is 375 Å². The molecule has 9 heteroatoms. The van der Waals surface area contributed by atoms with Crippen molar-refractivity contribution in [1.82, 2.24) is 14.7 Å². The lowest BCUT2D eigenvalue weighted by Gasteiger charge is -2.23. The molecule has 0 bridgehead atoms. The van der Waals surface area contributed by atoms with E-state index in [9.17, 15) is 19.2 Å². The third kappa shape index (κ3) is 54.5. The van der Waals surface area contributed by atoms with Gasteiger partial charge in [-0.2, -0.15) is 0 Å². The summed E-state index contributed by atoms with van der Waals surface area (Å²) in [6, 6.07) is 0. The zero-order valence-electron chi connectivity index (χ0n) is 56.4. The van der Waals surface area contributed by atoms with Gasteiger partial charge < -0.3 is 24.2 Å². The summed E-state index contributed by atoms with van der Waals surface area (Å²) < 4.78 is 11.7. The molecule has 0 heterocycles. The van der Waals surface area contributed by atoms with Crippen LogP contribution in [0.25, 0.3) is 0 Å². The fourth-order valence-electron chi connectivity index (χ4n) is 11.8. The second-order valence-electron chi connectivity index (χ2n) is 25.8. The van der Waals surface area contributed by atoms with Crippen LogP contribution in [-0.2, 0) is 28.7 Å². The minimum Gasteiger partial charge on any atom is -0.465 e. The lowest BCUT2D eigenvalue weighted by molar-refractivity contribution is -0.146. The van der Waals surface area contributed by atoms with Crippen molar-refractivity contribution in [2.75, 3.05) is 59.5 Å². The molecule has 0 aromatic heterocycles. The largest absolute Gasteiger partial charge is 0.465 e. The average molecular weight is 1160 g/mol. The quantitative estimate of drug-likeness (QED) is 0.0442. The number of carbonyl (C=O) groups is 4. The predicted molar refractivity (Wildman–Crippen MR) is 354 cm³/mol. The van der Waals surface area contributed by atoms with Gasteiger partial charge >= 0.3 is 11.9 Å². The summed E-state index contributed by atoms with van der Waals surface area (Å²) in [5, 5.41) is 0. The molecule has 0 saturated heterocycles. The molecule has 2 unspecified atom stereocenters. The Bertz CT molecular complexity index is 1280. The molecule has 0 aliphatic carbocycles. The van der Waals surface area contributed by atoms with Crippen LogP contribution in [0, 0.1) is 11.8 Å². The summed E-state index contributed by atoms with van der Waals surface area (Å²) in [5.41, 5.74) is 0. The molecule has 0 radical (unpaired) electrons. The monoisotopic (exact) mass is 1160 g/mol. The topological polar surface area (TPSA) is 96.5 Å². The number of unbranched alkanes of at least 4 members (excludes halogenated alkanes) is 34. The van der Waals surface area contributed by atoms with Gasteiger partial charge in [-0.05, 0) is 122 Å². The molecule has 0 aromatic carbocycles. The summed E-state index contributed by atoms with van der Waals surface area (Å²) in [4.78, 5) is 59.2. The Morgan fingerprint density at radius 2 is 0.488 bits per heavy atom. The van der Waals surface area contributed by atoms with Gasteiger partial charge in [0.2, 0.25) is 11.8 Å². The van der Waals surface area contributed by atoms with Gasteiger partial charge in [-0.3, -0.25) is 19.2 Å². The van der Waals surface area contributed by atoms with Crippen LogP contribution in [-0.4, -0.2) is 98.0 Å². The molecule has 0 rings (SSSR count). The highest BCUT2D eigenvalue weighted by Crippen LogP contribution is 2.23. The summed E-state index contributed by atoms with van der Waals surface area (Å²) in [6.45, 7) is 20.5. The van der Waals surface area contributed by atoms with Gasteiger partial charge in [0, 0.05) is 51.9 Å². The summed E-state index contributed by atoms with van der Waals surface area (Å²) in [5.74, 6) is 1.36. The Morgan fingerprint density at radius 3 is 0.780 bits per heavy atom. The Hall–Kier alpha value is -2.16. The minimum absolute atomic E-state index is 0.0806. The zero-order chi connectivity index (χ0) is 60.0. The molecule has 0 aromatic rings. The van der Waals surface area contributed by atoms with Crippen LogP contribution in [0.15, 0.2) is 0 Å². The summed E-state index contributed by atoms with van der Waals surface area (Å²) >= 11 is 0. The minimum atomic E-state index is -0.0806. The van der Waals surface area contributed by atoms with Gasteiger partial charge in [-0.25, -0.2) is 0 Å². The lowest BCUT2D eigenvalue weighted by atomic mass is 9.95. The highest BCUT2D eigenvalue weighted by atomic mass is 16.5. The van der Waals surface area contributed by atoms with Gasteiger partial charge in [0.25, 0.3) is 0 Å². The number of nitrogens with zero attached hydrogens (tertiary/aromatic N) is 3. The molecular weight excluding hydrogens is 1010 g/mol. The first-order valence-corrected chi connectivity index (χ1v) is 36.7. The SMILES string of the molecule is CCCCCCCCC(CCCCCC)COC(=O)CCCCC(=O)N(CCCCCC)CCCCCCCCN(C)CCCCCCCCN(CCCCCC)C(=O)CCCCC(=O)OCC(CCCCCC)CCCCCCCC. The van der Waals surface area contributed by atoms with Gasteiger partial charge in [-0.1, -0.05) is 260 Å². The van der Waals surface area contributed by atoms with E-state index in [0.717, 1.165) is 77.5 Å². The Kier molecular flexibility index (Phi) is 61.7. The number of carbonyl (C=O) groups excluding carboxylic acids is 4. The lowest BCUT2D eigenvalue weighted by Crippen LogP contribution is -2.32. The Labute approximate surface area is 511 Å². The van der Waals surface area contributed by atoms with Crippen LogP contribution in [0.2, 0.25) is 0 Å². The first-order chi connectivity index (χ1) is 40.1. The second kappa shape index (κ2) is 63.3. The molecule has 486 valence electrons. The molecule has 0 saturated carbocycles. The van der Waals surface area contributed by atoms with E-state index in [-0.39, 0.29) is 23.8 Å². The maximum Gasteiger partial charge on any atom is 0.305 e. The van der Waals surface area contributed by atoms with E-state index in [0.29, 0.717) is 50.7 Å². The number of hydrogen-bond donors (Lipinski definition) is 0. The second-order valence-corrected chi connectivity index (χ2v) is 25.8. The van der Waals surface area contributed by atoms with E-state index in [1.54, 1.807) is 0 Å². The highest BCUT2D eigenvalue weighted by molar-refractivity contribution is 5.76. The van der Waals surface area contributed by atoms with Gasteiger partial charge in [-0.15, -0.1) is 0 Å². The molecule has 2 atom stereocenters. The van der Waals surface area contributed by atoms with Gasteiger partial charge in [0.1, 0.15) is 0 Å². The van der Waals surface area contributed by atoms with Crippen molar-refractivity contribution in [1.29, 1.82) is 0 Å². The van der Waals surface area contributed by atoms with Crippen molar-refractivity contribution < 1.29 is 28.7 Å². The van der Waals surface area contributed by atoms with Crippen LogP contribution < -0.4 is 0 Å². The van der Waals surface area contributed by atoms with E-state index in [4.69, 9.17) is 9.47 Å². The van der Waals surface area contributed by atoms with Crippen LogP contribution in [0.1, 0.15) is 375 Å². The van der Waals surface area contributed by atoms with Crippen LogP contribution in [0.5, 0.6) is 0 Å². The zero-order valence-corrected chi connectivity index (χ0v) is 56.4. The van der Waals surface area contributed by atoms with Gasteiger partial charge in [0.05, 0.1) is 13.2 Å². The normalized spacial score (nSPS) is 12.3. The summed E-state index contributed by atoms with van der Waals surface area (Å²) in [7, 11) is 2.28. The standard InChI is InChI=1S/C73H143N3O6/c1-8-14-20-26-32-40-54-68(52-38-22-16-10-3)66-81-72(79)58-44-42-56-70(77)75(62-48-24-18-12-5)64-50-36-30-28-34-46-60-74(7)61-47-35-29-31-37-51-65-76(63-49-25-19-13-6)71(78)57-43-45-59-73(80)82-67-69(53-39-23-17-11-4)55-41-33-27-21-15-9-2/h68-69H,8-67H2,1-7H3. The van der Waals surface area contributed by atoms with Crippen molar-refractivity contribution in [2.24, 2.45) is 11.8 Å². The number of rotatable bonds is 66. The average Bonchev–Trinajstić information content (AvgIpc) is 3.47. The van der Waals surface area contributed by atoms with Crippen LogP contribution in [0.3, 0.4) is 0 Å². The molecule has 0 spiro atoms. The Morgan fingerprint density at radius 1 is 0.268 bits per heavy atom. The smallest absolute Gasteiger partial charge is 0.305 e. The first kappa shape index (κ1) is 79.8. The van der Waals surface area contributed by atoms with E-state index in [1.165, 1.54) is 270 Å². The molecular formula is C73H143N3O6. The maximum atomic E-state index is 13.4. The molecule has 9 nitrogen and oxygen atoms in total. The van der Waals surface area contributed by atoms with E-state index >= 15 is 0 Å². The number of ether oxygens (including phenoxy) is 2. The maximum absolute atomic E-state index is 13.4. The van der Waals surface area contributed by atoms with Crippen molar-refractivity contribution in [3.05, 3.63) is 0 Å². The van der Waals surface area contributed by atoms with Crippen molar-refractivity contribution in [3.63, 3.8) is 0 Å². The number of amides is 2. The Balaban J connectivity index is 4.42. The number of hydrogen-bond acceptors (Lipinski definition) is 7. The predicted octanol–water partition coefficient (Wildman–Crippen LogP) is 21.3. The van der Waals surface area contributed by atoms with E-state index in [2.05, 4.69) is 63.3 Å². The van der Waals surface area contributed by atoms with Gasteiger partial charge in [0.15, 0.2) is 0 Å². The molecule has 0 aliphatic heterocycles. The van der Waals surface area contributed by atoms with Crippen LogP contribution >= 0.6 is 0 Å². The van der Waals surface area contributed by atoms with E-state index in [1.807, 2.05) is 0 Å². The fourth-order valence-corrected chi connectivity index (χ4v) is 11.8. The van der Waals surface area contributed by atoms with Crippen molar-refractivity contribution in [3.8, 4) is 0 Å².